The number of hydrogen-bond acceptors (Lipinski definition) is 6. The van der Waals surface area contributed by atoms with Crippen LogP contribution < -0.4 is 9.64 Å². The third-order valence-electron chi connectivity index (χ3n) is 4.54. The number of anilines is 1. The van der Waals surface area contributed by atoms with Gasteiger partial charge in [0.05, 0.1) is 15.5 Å². The van der Waals surface area contributed by atoms with Gasteiger partial charge in [-0.1, -0.05) is 54.3 Å². The maximum Gasteiger partial charge on any atom is 0.270 e. The van der Waals surface area contributed by atoms with Gasteiger partial charge in [-0.15, -0.1) is 0 Å². The topological polar surface area (TPSA) is 72.7 Å². The van der Waals surface area contributed by atoms with Gasteiger partial charge in [-0.25, -0.2) is 0 Å². The number of amides is 1. The second-order valence-corrected chi connectivity index (χ2v) is 8.31. The summed E-state index contributed by atoms with van der Waals surface area (Å²) in [5.74, 6) is 0.520. The summed E-state index contributed by atoms with van der Waals surface area (Å²) in [6.45, 7) is 0.299. The maximum atomic E-state index is 12.8. The van der Waals surface area contributed by atoms with Crippen LogP contribution in [0.15, 0.2) is 83.8 Å². The van der Waals surface area contributed by atoms with Crippen molar-refractivity contribution in [2.75, 3.05) is 4.90 Å². The first-order valence-corrected chi connectivity index (χ1v) is 10.5. The van der Waals surface area contributed by atoms with Gasteiger partial charge < -0.3 is 4.74 Å². The Balaban J connectivity index is 1.41. The van der Waals surface area contributed by atoms with Crippen LogP contribution in [0.2, 0.25) is 0 Å². The first-order chi connectivity index (χ1) is 15.0. The van der Waals surface area contributed by atoms with E-state index in [-0.39, 0.29) is 11.6 Å². The highest BCUT2D eigenvalue weighted by Crippen LogP contribution is 2.36. The number of rotatable bonds is 6. The number of para-hydroxylation sites is 1. The van der Waals surface area contributed by atoms with E-state index in [1.807, 2.05) is 60.7 Å². The zero-order chi connectivity index (χ0) is 21.8. The second-order valence-electron chi connectivity index (χ2n) is 6.63. The number of nitro benzene ring substituents is 1. The van der Waals surface area contributed by atoms with E-state index in [2.05, 4.69) is 0 Å². The minimum Gasteiger partial charge on any atom is -0.489 e. The largest absolute Gasteiger partial charge is 0.489 e. The number of thioether (sulfide) groups is 1. The van der Waals surface area contributed by atoms with Gasteiger partial charge in [-0.2, -0.15) is 0 Å². The zero-order valence-electron chi connectivity index (χ0n) is 16.1. The Morgan fingerprint density at radius 1 is 1.00 bits per heavy atom. The molecule has 0 N–H and O–H groups in total. The molecule has 3 aromatic rings. The summed E-state index contributed by atoms with van der Waals surface area (Å²) in [7, 11) is 0. The van der Waals surface area contributed by atoms with Crippen LogP contribution in [0.5, 0.6) is 5.75 Å². The Bertz CT molecular complexity index is 1160. The molecule has 0 aliphatic carbocycles. The van der Waals surface area contributed by atoms with Crippen molar-refractivity contribution in [3.8, 4) is 5.75 Å². The summed E-state index contributed by atoms with van der Waals surface area (Å²) >= 11 is 6.66. The molecule has 0 bridgehead atoms. The number of ether oxygens (including phenoxy) is 1. The number of hydrogen-bond donors (Lipinski definition) is 0. The van der Waals surface area contributed by atoms with Gasteiger partial charge >= 0.3 is 0 Å². The van der Waals surface area contributed by atoms with Gasteiger partial charge in [0.1, 0.15) is 12.4 Å². The van der Waals surface area contributed by atoms with E-state index in [1.165, 1.54) is 28.8 Å². The van der Waals surface area contributed by atoms with Crippen molar-refractivity contribution in [1.29, 1.82) is 0 Å². The van der Waals surface area contributed by atoms with Crippen LogP contribution in [0.3, 0.4) is 0 Å². The molecule has 1 fully saturated rings. The molecule has 154 valence electrons. The summed E-state index contributed by atoms with van der Waals surface area (Å²) in [4.78, 5) is 25.2. The summed E-state index contributed by atoms with van der Waals surface area (Å²) < 4.78 is 6.24. The molecule has 31 heavy (non-hydrogen) atoms. The lowest BCUT2D eigenvalue weighted by molar-refractivity contribution is -0.384. The van der Waals surface area contributed by atoms with Gasteiger partial charge in [0.25, 0.3) is 11.6 Å². The molecule has 0 radical (unpaired) electrons. The van der Waals surface area contributed by atoms with Crippen LogP contribution in [-0.2, 0) is 11.4 Å². The van der Waals surface area contributed by atoms with E-state index in [0.29, 0.717) is 21.6 Å². The molecule has 1 saturated heterocycles. The average Bonchev–Trinajstić information content (AvgIpc) is 3.07. The molecule has 1 aliphatic heterocycles. The van der Waals surface area contributed by atoms with Gasteiger partial charge in [0, 0.05) is 12.1 Å². The zero-order valence-corrected chi connectivity index (χ0v) is 17.8. The third-order valence-corrected chi connectivity index (χ3v) is 5.84. The molecule has 0 atom stereocenters. The van der Waals surface area contributed by atoms with Crippen molar-refractivity contribution in [2.45, 2.75) is 6.61 Å². The van der Waals surface area contributed by atoms with E-state index in [4.69, 9.17) is 17.0 Å². The van der Waals surface area contributed by atoms with Gasteiger partial charge in [0.2, 0.25) is 0 Å². The van der Waals surface area contributed by atoms with Crippen LogP contribution >= 0.6 is 24.0 Å². The fraction of sp³-hybridized carbons (Fsp3) is 0.0435. The summed E-state index contributed by atoms with van der Waals surface area (Å²) in [5, 5.41) is 10.7. The highest BCUT2D eigenvalue weighted by atomic mass is 32.2. The lowest BCUT2D eigenvalue weighted by Crippen LogP contribution is -2.27. The van der Waals surface area contributed by atoms with Crippen LogP contribution in [0.4, 0.5) is 11.4 Å². The predicted octanol–water partition coefficient (Wildman–Crippen LogP) is 5.58. The van der Waals surface area contributed by atoms with E-state index in [0.717, 1.165) is 16.8 Å². The molecule has 8 heteroatoms. The highest BCUT2D eigenvalue weighted by molar-refractivity contribution is 8.27. The minimum atomic E-state index is -0.434. The van der Waals surface area contributed by atoms with Crippen LogP contribution in [0.25, 0.3) is 6.08 Å². The first kappa shape index (κ1) is 20.8. The van der Waals surface area contributed by atoms with Crippen molar-refractivity contribution in [2.24, 2.45) is 0 Å². The number of non-ortho nitro benzene ring substituents is 1. The third kappa shape index (κ3) is 4.82. The lowest BCUT2D eigenvalue weighted by Gasteiger charge is -2.13. The number of thiocarbonyl (C=S) groups is 1. The molecule has 3 aromatic carbocycles. The Labute approximate surface area is 188 Å². The van der Waals surface area contributed by atoms with Gasteiger partial charge in [-0.05, 0) is 53.6 Å². The number of nitrogens with zero attached hydrogens (tertiary/aromatic N) is 2. The van der Waals surface area contributed by atoms with Crippen LogP contribution in [0.1, 0.15) is 11.1 Å². The predicted molar refractivity (Wildman–Crippen MR) is 126 cm³/mol. The number of carbonyl (C=O) groups is 1. The summed E-state index contributed by atoms with van der Waals surface area (Å²) in [6, 6.07) is 22.9. The summed E-state index contributed by atoms with van der Waals surface area (Å²) in [5.41, 5.74) is 2.49. The SMILES string of the molecule is O=C1C(=Cc2ccc(OCc3ccc([N+](=O)[O-])cc3)cc2)SC(=S)N1c1ccccc1. The Morgan fingerprint density at radius 3 is 2.32 bits per heavy atom. The van der Waals surface area contributed by atoms with Gasteiger partial charge in [-0.3, -0.25) is 19.8 Å². The molecule has 0 spiro atoms. The number of nitro groups is 1. The number of carbonyl (C=O) groups excluding carboxylic acids is 1. The van der Waals surface area contributed by atoms with E-state index in [1.54, 1.807) is 12.1 Å². The molecular weight excluding hydrogens is 432 g/mol. The quantitative estimate of drug-likeness (QED) is 0.212. The molecule has 0 unspecified atom stereocenters. The molecule has 1 heterocycles. The molecule has 1 aliphatic rings. The fourth-order valence-corrected chi connectivity index (χ4v) is 4.26. The van der Waals surface area contributed by atoms with Gasteiger partial charge in [0.15, 0.2) is 4.32 Å². The van der Waals surface area contributed by atoms with Crippen molar-refractivity contribution < 1.29 is 14.5 Å². The minimum absolute atomic E-state index is 0.0470. The van der Waals surface area contributed by atoms with E-state index >= 15 is 0 Å². The fourth-order valence-electron chi connectivity index (χ4n) is 2.96. The maximum absolute atomic E-state index is 12.8. The molecular formula is C23H16N2O4S2. The molecule has 6 nitrogen and oxygen atoms in total. The average molecular weight is 449 g/mol. The van der Waals surface area contributed by atoms with Crippen molar-refractivity contribution in [1.82, 2.24) is 0 Å². The second kappa shape index (κ2) is 9.11. The van der Waals surface area contributed by atoms with Crippen LogP contribution in [0, 0.1) is 10.1 Å². The van der Waals surface area contributed by atoms with E-state index in [9.17, 15) is 14.9 Å². The summed E-state index contributed by atoms with van der Waals surface area (Å²) in [6.07, 6.45) is 1.81. The van der Waals surface area contributed by atoms with Crippen molar-refractivity contribution >= 4 is 51.7 Å². The van der Waals surface area contributed by atoms with Crippen molar-refractivity contribution in [3.63, 3.8) is 0 Å². The van der Waals surface area contributed by atoms with E-state index < -0.39 is 4.92 Å². The Hall–Kier alpha value is -3.49. The standard InChI is InChI=1S/C23H16N2O4S2/c26-22-21(31-23(30)24(22)18-4-2-1-3-5-18)14-16-8-12-20(13-9-16)29-15-17-6-10-19(11-7-17)25(27)28/h1-14H,15H2. The molecule has 0 aromatic heterocycles. The Kier molecular flexibility index (Phi) is 6.11. The molecule has 4 rings (SSSR count). The lowest BCUT2D eigenvalue weighted by atomic mass is 10.2. The molecule has 0 saturated carbocycles. The van der Waals surface area contributed by atoms with Crippen LogP contribution in [-0.4, -0.2) is 15.2 Å². The Morgan fingerprint density at radius 2 is 1.68 bits per heavy atom. The monoisotopic (exact) mass is 448 g/mol. The smallest absolute Gasteiger partial charge is 0.270 e. The normalized spacial score (nSPS) is 14.8. The number of benzene rings is 3. The first-order valence-electron chi connectivity index (χ1n) is 9.30. The highest BCUT2D eigenvalue weighted by Gasteiger charge is 2.33. The molecule has 1 amide bonds. The van der Waals surface area contributed by atoms with Crippen molar-refractivity contribution in [3.05, 3.63) is 105 Å².